The highest BCUT2D eigenvalue weighted by Gasteiger charge is 2.55. The largest absolute Gasteiger partial charge is 0.496 e. The first-order valence-corrected chi connectivity index (χ1v) is 20.7. The van der Waals surface area contributed by atoms with E-state index in [1.807, 2.05) is 24.3 Å². The van der Waals surface area contributed by atoms with Gasteiger partial charge in [-0.2, -0.15) is 0 Å². The number of fused-ring (bicyclic) bond motifs is 4. The van der Waals surface area contributed by atoms with Gasteiger partial charge in [-0.25, -0.2) is 4.79 Å². The van der Waals surface area contributed by atoms with Gasteiger partial charge in [0.1, 0.15) is 34.7 Å². The topological polar surface area (TPSA) is 174 Å². The zero-order chi connectivity index (χ0) is 40.7. The minimum Gasteiger partial charge on any atom is -0.496 e. The molecular weight excluding hydrogens is 744 g/mol. The number of aliphatic hydroxyl groups is 3. The van der Waals surface area contributed by atoms with Gasteiger partial charge in [0.05, 0.1) is 55.5 Å². The lowest BCUT2D eigenvalue weighted by atomic mass is 9.63. The minimum atomic E-state index is -1.16. The summed E-state index contributed by atoms with van der Waals surface area (Å²) in [6.45, 7) is 4.67. The van der Waals surface area contributed by atoms with Crippen molar-refractivity contribution in [3.05, 3.63) is 67.9 Å². The minimum absolute atomic E-state index is 0.00252. The Labute approximate surface area is 338 Å². The molecule has 13 nitrogen and oxygen atoms in total. The van der Waals surface area contributed by atoms with Crippen LogP contribution in [0, 0.1) is 17.8 Å². The molecule has 3 N–H and O–H groups in total. The highest BCUT2D eigenvalue weighted by molar-refractivity contribution is 6.11. The lowest BCUT2D eigenvalue weighted by Crippen LogP contribution is -2.59. The Bertz CT molecular complexity index is 2180. The quantitative estimate of drug-likeness (QED) is 0.163. The fourth-order valence-electron chi connectivity index (χ4n) is 10.7. The Kier molecular flexibility index (Phi) is 11.6. The molecule has 2 aromatic carbocycles. The molecule has 0 radical (unpaired) electrons. The second-order valence-corrected chi connectivity index (χ2v) is 16.4. The molecule has 0 spiro atoms. The predicted octanol–water partition coefficient (Wildman–Crippen LogP) is 2.71. The first-order chi connectivity index (χ1) is 28.2. The van der Waals surface area contributed by atoms with Crippen LogP contribution < -0.4 is 24.8 Å². The number of hydrogen-bond acceptors (Lipinski definition) is 13. The maximum atomic E-state index is 14.0. The maximum Gasteiger partial charge on any atom is 0.375 e. The van der Waals surface area contributed by atoms with E-state index < -0.39 is 42.7 Å². The molecule has 8 rings (SSSR count). The molecule has 0 aromatic heterocycles. The SMILES string of the molecule is CCOC(=O)C1=C(C=O)C(=C2CC(CO)C(=O)C(c3ccc4c(c3)=CCN=4)C2)c2c(OC)c3c(c(CO)c2O1)OC(C1(O)CCCC2CN(CCCOC)CCC21)C3. The third-order valence-corrected chi connectivity index (χ3v) is 13.4. The summed E-state index contributed by atoms with van der Waals surface area (Å²) in [6, 6.07) is 5.72. The van der Waals surface area contributed by atoms with E-state index in [4.69, 9.17) is 23.7 Å². The fraction of sp³-hybridized carbons (Fsp3) is 0.556. The van der Waals surface area contributed by atoms with Crippen molar-refractivity contribution in [2.24, 2.45) is 22.7 Å². The average molecular weight is 799 g/mol. The number of carbonyl (C=O) groups is 3. The van der Waals surface area contributed by atoms with E-state index in [-0.39, 0.29) is 60.2 Å². The molecule has 4 heterocycles. The summed E-state index contributed by atoms with van der Waals surface area (Å²) >= 11 is 0. The standard InChI is InChI=1S/C45H54N2O11/c1-4-56-44(52)43-32(23-49)37(28-18-29(22-48)39(51)30(19-28)25-8-9-35-26(17-25)10-13-46-35)38-41(55-3)31-20-36(57-40(31)33(24-50)42(38)58-43)45(53)12-5-7-27-21-47(14-6-16-54-2)15-11-34(27)45/h8-10,17,23,27,29-30,34,36,48,50,53H,4-7,11-16,18-22,24H2,1-3H3. The van der Waals surface area contributed by atoms with E-state index in [9.17, 15) is 29.7 Å². The van der Waals surface area contributed by atoms with E-state index in [0.717, 1.165) is 61.5 Å². The predicted molar refractivity (Wildman–Crippen MR) is 212 cm³/mol. The lowest BCUT2D eigenvalue weighted by Gasteiger charge is -2.51. The number of ketones is 1. The number of piperidine rings is 1. The van der Waals surface area contributed by atoms with Crippen LogP contribution in [0.5, 0.6) is 17.2 Å². The van der Waals surface area contributed by atoms with Gasteiger partial charge in [0.25, 0.3) is 0 Å². The molecule has 58 heavy (non-hydrogen) atoms. The molecule has 6 atom stereocenters. The number of hydrogen-bond donors (Lipinski definition) is 3. The number of likely N-dealkylation sites (tertiary alicyclic amines) is 1. The number of carbonyl (C=O) groups excluding carboxylic acids is 3. The van der Waals surface area contributed by atoms with Crippen LogP contribution in [0.2, 0.25) is 0 Å². The Morgan fingerprint density at radius 2 is 1.98 bits per heavy atom. The zero-order valence-electron chi connectivity index (χ0n) is 33.6. The van der Waals surface area contributed by atoms with Gasteiger partial charge in [0, 0.05) is 56.2 Å². The Balaban J connectivity index is 1.25. The van der Waals surface area contributed by atoms with Gasteiger partial charge in [-0.15, -0.1) is 0 Å². The molecule has 4 aliphatic heterocycles. The number of esters is 1. The Morgan fingerprint density at radius 3 is 2.72 bits per heavy atom. The van der Waals surface area contributed by atoms with Crippen molar-refractivity contribution in [1.29, 1.82) is 0 Å². The van der Waals surface area contributed by atoms with Crippen molar-refractivity contribution in [1.82, 2.24) is 4.90 Å². The molecule has 2 aromatic rings. The summed E-state index contributed by atoms with van der Waals surface area (Å²) < 4.78 is 30.0. The van der Waals surface area contributed by atoms with Crippen molar-refractivity contribution in [2.75, 3.05) is 60.2 Å². The maximum absolute atomic E-state index is 14.0. The van der Waals surface area contributed by atoms with Crippen molar-refractivity contribution >= 4 is 29.7 Å². The fourth-order valence-corrected chi connectivity index (χ4v) is 10.7. The molecule has 0 bridgehead atoms. The smallest absolute Gasteiger partial charge is 0.375 e. The van der Waals surface area contributed by atoms with Crippen LogP contribution in [0.3, 0.4) is 0 Å². The van der Waals surface area contributed by atoms with Crippen LogP contribution in [0.15, 0.2) is 40.1 Å². The van der Waals surface area contributed by atoms with E-state index in [2.05, 4.69) is 9.89 Å². The van der Waals surface area contributed by atoms with E-state index >= 15 is 0 Å². The van der Waals surface area contributed by atoms with Gasteiger partial charge < -0.3 is 43.9 Å². The second kappa shape index (κ2) is 16.7. The van der Waals surface area contributed by atoms with E-state index in [0.29, 0.717) is 65.5 Å². The number of allylic oxidation sites excluding steroid dienone is 3. The highest BCUT2D eigenvalue weighted by Crippen LogP contribution is 2.58. The summed E-state index contributed by atoms with van der Waals surface area (Å²) in [5, 5.41) is 36.2. The molecule has 0 amide bonds. The first-order valence-electron chi connectivity index (χ1n) is 20.7. The van der Waals surface area contributed by atoms with Gasteiger partial charge in [-0.05, 0) is 86.7 Å². The average Bonchev–Trinajstić information content (AvgIpc) is 3.90. The van der Waals surface area contributed by atoms with Crippen molar-refractivity contribution < 1.29 is 53.4 Å². The number of nitrogens with zero attached hydrogens (tertiary/aromatic N) is 2. The van der Waals surface area contributed by atoms with Crippen molar-refractivity contribution in [2.45, 2.75) is 82.5 Å². The van der Waals surface area contributed by atoms with Crippen LogP contribution in [0.25, 0.3) is 11.6 Å². The number of Topliss-reactive ketones (excluding diaryl/α,β-unsaturated/α-hetero) is 1. The molecule has 3 fully saturated rings. The monoisotopic (exact) mass is 798 g/mol. The Morgan fingerprint density at radius 1 is 1.14 bits per heavy atom. The molecule has 2 saturated carbocycles. The summed E-state index contributed by atoms with van der Waals surface area (Å²) in [6.07, 6.45) is 6.68. The normalized spacial score (nSPS) is 28.9. The number of rotatable bonds is 12. The number of aliphatic hydroxyl groups excluding tert-OH is 2. The van der Waals surface area contributed by atoms with Crippen molar-refractivity contribution in [3.63, 3.8) is 0 Å². The number of benzene rings is 2. The third kappa shape index (κ3) is 6.88. The Hall–Kier alpha value is -4.40. The highest BCUT2D eigenvalue weighted by atomic mass is 16.6. The molecule has 310 valence electrons. The molecule has 1 saturated heterocycles. The molecule has 2 aliphatic carbocycles. The van der Waals surface area contributed by atoms with Gasteiger partial charge in [0.15, 0.2) is 6.29 Å². The summed E-state index contributed by atoms with van der Waals surface area (Å²) in [4.78, 5) is 47.9. The lowest BCUT2D eigenvalue weighted by molar-refractivity contribution is -0.151. The number of aldehydes is 1. The van der Waals surface area contributed by atoms with Crippen LogP contribution in [-0.4, -0.2) is 110 Å². The molecule has 6 unspecified atom stereocenters. The molecular formula is C45H54N2O11. The summed E-state index contributed by atoms with van der Waals surface area (Å²) in [5.74, 6) is -1.77. The van der Waals surface area contributed by atoms with Crippen LogP contribution in [-0.2, 0) is 36.9 Å². The molecule has 6 aliphatic rings. The zero-order valence-corrected chi connectivity index (χ0v) is 33.6. The second-order valence-electron chi connectivity index (χ2n) is 16.4. The summed E-state index contributed by atoms with van der Waals surface area (Å²) in [7, 11) is 3.23. The first kappa shape index (κ1) is 40.4. The molecule has 13 heteroatoms. The van der Waals surface area contributed by atoms with Gasteiger partial charge in [0.2, 0.25) is 5.76 Å². The van der Waals surface area contributed by atoms with Gasteiger partial charge >= 0.3 is 5.97 Å². The van der Waals surface area contributed by atoms with E-state index in [1.54, 1.807) is 14.0 Å². The number of ether oxygens (including phenoxy) is 5. The van der Waals surface area contributed by atoms with Crippen LogP contribution in [0.4, 0.5) is 0 Å². The van der Waals surface area contributed by atoms with Crippen LogP contribution in [0.1, 0.15) is 80.0 Å². The third-order valence-electron chi connectivity index (χ3n) is 13.4. The van der Waals surface area contributed by atoms with Gasteiger partial charge in [-0.3, -0.25) is 14.6 Å². The summed E-state index contributed by atoms with van der Waals surface area (Å²) in [5.41, 5.74) is 1.74. The number of methoxy groups -OCH3 is 2. The van der Waals surface area contributed by atoms with Gasteiger partial charge in [-0.1, -0.05) is 24.1 Å². The van der Waals surface area contributed by atoms with Crippen molar-refractivity contribution in [3.8, 4) is 17.2 Å². The van der Waals surface area contributed by atoms with Crippen LogP contribution >= 0.6 is 0 Å². The van der Waals surface area contributed by atoms with E-state index in [1.165, 1.54) is 7.11 Å².